The minimum absolute atomic E-state index is 0.142. The number of nitrogens with two attached hydrogens (primary N) is 1. The maximum Gasteiger partial charge on any atom is 0.163 e. The molecule has 0 radical (unpaired) electrons. The van der Waals surface area contributed by atoms with Crippen molar-refractivity contribution in [2.24, 2.45) is 0 Å². The van der Waals surface area contributed by atoms with Crippen molar-refractivity contribution in [2.45, 2.75) is 19.8 Å². The van der Waals surface area contributed by atoms with Gasteiger partial charge in [-0.3, -0.25) is 4.79 Å². The fourth-order valence-corrected chi connectivity index (χ4v) is 1.87. The van der Waals surface area contributed by atoms with Crippen molar-refractivity contribution in [2.75, 3.05) is 5.73 Å². The van der Waals surface area contributed by atoms with Crippen LogP contribution in [0.4, 0.5) is 5.69 Å². The summed E-state index contributed by atoms with van der Waals surface area (Å²) in [5.41, 5.74) is 9.43. The van der Waals surface area contributed by atoms with Crippen LogP contribution in [-0.2, 0) is 6.42 Å². The summed E-state index contributed by atoms with van der Waals surface area (Å²) in [6.45, 7) is 2.06. The molecule has 0 fully saturated rings. The number of ketones is 1. The molecule has 18 heavy (non-hydrogen) atoms. The van der Waals surface area contributed by atoms with E-state index in [-0.39, 0.29) is 5.78 Å². The van der Waals surface area contributed by atoms with Crippen LogP contribution < -0.4 is 5.73 Å². The Balaban J connectivity index is 1.98. The molecule has 0 atom stereocenters. The quantitative estimate of drug-likeness (QED) is 0.656. The van der Waals surface area contributed by atoms with Gasteiger partial charge in [-0.05, 0) is 31.0 Å². The Morgan fingerprint density at radius 2 is 1.83 bits per heavy atom. The molecule has 0 aliphatic carbocycles. The molecular formula is C16H17NO. The van der Waals surface area contributed by atoms with Crippen molar-refractivity contribution >= 4 is 11.5 Å². The minimum Gasteiger partial charge on any atom is -0.399 e. The van der Waals surface area contributed by atoms with Gasteiger partial charge in [0.1, 0.15) is 0 Å². The molecule has 0 aliphatic rings. The Hall–Kier alpha value is -2.09. The Kier molecular flexibility index (Phi) is 3.78. The summed E-state index contributed by atoms with van der Waals surface area (Å²) in [5.74, 6) is 0.142. The first kappa shape index (κ1) is 12.4. The molecule has 2 nitrogen and oxygen atoms in total. The van der Waals surface area contributed by atoms with Gasteiger partial charge < -0.3 is 5.73 Å². The third-order valence-corrected chi connectivity index (χ3v) is 2.97. The topological polar surface area (TPSA) is 43.1 Å². The maximum atomic E-state index is 12.0. The lowest BCUT2D eigenvalue weighted by Crippen LogP contribution is -2.02. The largest absolute Gasteiger partial charge is 0.399 e. The third-order valence-electron chi connectivity index (χ3n) is 2.97. The number of hydrogen-bond acceptors (Lipinski definition) is 2. The highest BCUT2D eigenvalue weighted by Crippen LogP contribution is 2.12. The molecule has 0 bridgehead atoms. The highest BCUT2D eigenvalue weighted by Gasteiger charge is 2.06. The second-order valence-corrected chi connectivity index (χ2v) is 4.53. The summed E-state index contributed by atoms with van der Waals surface area (Å²) in [5, 5.41) is 0. The van der Waals surface area contributed by atoms with Crippen LogP contribution in [-0.4, -0.2) is 5.78 Å². The summed E-state index contributed by atoms with van der Waals surface area (Å²) >= 11 is 0. The summed E-state index contributed by atoms with van der Waals surface area (Å²) in [6.07, 6.45) is 1.29. The van der Waals surface area contributed by atoms with E-state index in [0.29, 0.717) is 17.7 Å². The number of anilines is 1. The molecule has 2 rings (SSSR count). The molecule has 0 unspecified atom stereocenters. The van der Waals surface area contributed by atoms with Crippen molar-refractivity contribution in [3.05, 3.63) is 65.2 Å². The first-order chi connectivity index (χ1) is 8.65. The molecular weight excluding hydrogens is 222 g/mol. The molecule has 0 heterocycles. The molecule has 92 valence electrons. The zero-order valence-electron chi connectivity index (χ0n) is 10.5. The second-order valence-electron chi connectivity index (χ2n) is 4.53. The molecule has 0 saturated heterocycles. The highest BCUT2D eigenvalue weighted by molar-refractivity contribution is 5.96. The van der Waals surface area contributed by atoms with E-state index in [0.717, 1.165) is 6.42 Å². The van der Waals surface area contributed by atoms with Gasteiger partial charge in [-0.15, -0.1) is 0 Å². The average Bonchev–Trinajstić information content (AvgIpc) is 2.38. The molecule has 2 aromatic carbocycles. The maximum absolute atomic E-state index is 12.0. The predicted molar refractivity (Wildman–Crippen MR) is 74.7 cm³/mol. The van der Waals surface area contributed by atoms with Crippen LogP contribution in [0.1, 0.15) is 27.9 Å². The fourth-order valence-electron chi connectivity index (χ4n) is 1.87. The SMILES string of the molecule is Cc1ccc(CCC(=O)c2cccc(N)c2)cc1. The van der Waals surface area contributed by atoms with Gasteiger partial charge in [-0.25, -0.2) is 0 Å². The lowest BCUT2D eigenvalue weighted by atomic mass is 10.0. The van der Waals surface area contributed by atoms with E-state index >= 15 is 0 Å². The summed E-state index contributed by atoms with van der Waals surface area (Å²) in [6, 6.07) is 15.4. The Bertz CT molecular complexity index is 543. The van der Waals surface area contributed by atoms with Crippen molar-refractivity contribution in [1.29, 1.82) is 0 Å². The van der Waals surface area contributed by atoms with E-state index in [4.69, 9.17) is 5.73 Å². The summed E-state index contributed by atoms with van der Waals surface area (Å²) in [7, 11) is 0. The van der Waals surface area contributed by atoms with Crippen LogP contribution in [0.5, 0.6) is 0 Å². The van der Waals surface area contributed by atoms with Gasteiger partial charge >= 0.3 is 0 Å². The van der Waals surface area contributed by atoms with Crippen LogP contribution in [0.15, 0.2) is 48.5 Å². The number of carbonyl (C=O) groups excluding carboxylic acids is 1. The van der Waals surface area contributed by atoms with Crippen LogP contribution in [0.2, 0.25) is 0 Å². The number of hydrogen-bond donors (Lipinski definition) is 1. The Morgan fingerprint density at radius 3 is 2.50 bits per heavy atom. The van der Waals surface area contributed by atoms with Gasteiger partial charge in [0.2, 0.25) is 0 Å². The predicted octanol–water partition coefficient (Wildman–Crippen LogP) is 3.39. The van der Waals surface area contributed by atoms with E-state index in [1.807, 2.05) is 12.1 Å². The number of nitrogen functional groups attached to an aromatic ring is 1. The lowest BCUT2D eigenvalue weighted by Gasteiger charge is -2.03. The van der Waals surface area contributed by atoms with Gasteiger partial charge in [-0.1, -0.05) is 42.0 Å². The van der Waals surface area contributed by atoms with E-state index in [2.05, 4.69) is 31.2 Å². The van der Waals surface area contributed by atoms with Crippen molar-refractivity contribution in [3.63, 3.8) is 0 Å². The smallest absolute Gasteiger partial charge is 0.163 e. The number of carbonyl (C=O) groups is 1. The van der Waals surface area contributed by atoms with E-state index in [9.17, 15) is 4.79 Å². The van der Waals surface area contributed by atoms with Crippen LogP contribution in [0.3, 0.4) is 0 Å². The molecule has 2 aromatic rings. The zero-order chi connectivity index (χ0) is 13.0. The second kappa shape index (κ2) is 5.50. The van der Waals surface area contributed by atoms with Gasteiger partial charge in [0.05, 0.1) is 0 Å². The van der Waals surface area contributed by atoms with E-state index in [1.165, 1.54) is 11.1 Å². The summed E-state index contributed by atoms with van der Waals surface area (Å²) < 4.78 is 0. The molecule has 2 N–H and O–H groups in total. The van der Waals surface area contributed by atoms with Crippen molar-refractivity contribution in [1.82, 2.24) is 0 Å². The third kappa shape index (κ3) is 3.20. The fraction of sp³-hybridized carbons (Fsp3) is 0.188. The first-order valence-corrected chi connectivity index (χ1v) is 6.09. The highest BCUT2D eigenvalue weighted by atomic mass is 16.1. The normalized spacial score (nSPS) is 10.3. The van der Waals surface area contributed by atoms with Crippen molar-refractivity contribution in [3.8, 4) is 0 Å². The van der Waals surface area contributed by atoms with Crippen LogP contribution >= 0.6 is 0 Å². The van der Waals surface area contributed by atoms with Gasteiger partial charge in [-0.2, -0.15) is 0 Å². The number of benzene rings is 2. The number of Topliss-reactive ketones (excluding diaryl/α,β-unsaturated/α-hetero) is 1. The number of aryl methyl sites for hydroxylation is 2. The first-order valence-electron chi connectivity index (χ1n) is 6.09. The Morgan fingerprint density at radius 1 is 1.11 bits per heavy atom. The zero-order valence-corrected chi connectivity index (χ0v) is 10.5. The summed E-state index contributed by atoms with van der Waals surface area (Å²) in [4.78, 5) is 12.0. The molecule has 2 heteroatoms. The Labute approximate surface area is 107 Å². The molecule has 0 aromatic heterocycles. The van der Waals surface area contributed by atoms with Gasteiger partial charge in [0.15, 0.2) is 5.78 Å². The van der Waals surface area contributed by atoms with E-state index < -0.39 is 0 Å². The lowest BCUT2D eigenvalue weighted by molar-refractivity contribution is 0.0983. The molecule has 0 amide bonds. The molecule has 0 spiro atoms. The van der Waals surface area contributed by atoms with E-state index in [1.54, 1.807) is 12.1 Å². The molecule has 0 saturated carbocycles. The monoisotopic (exact) mass is 239 g/mol. The average molecular weight is 239 g/mol. The van der Waals surface area contributed by atoms with Crippen LogP contribution in [0, 0.1) is 6.92 Å². The number of rotatable bonds is 4. The van der Waals surface area contributed by atoms with Crippen LogP contribution in [0.25, 0.3) is 0 Å². The van der Waals surface area contributed by atoms with Gasteiger partial charge in [0.25, 0.3) is 0 Å². The van der Waals surface area contributed by atoms with Crippen molar-refractivity contribution < 1.29 is 4.79 Å². The standard InChI is InChI=1S/C16H17NO/c1-12-5-7-13(8-6-12)9-10-16(18)14-3-2-4-15(17)11-14/h2-8,11H,9-10,17H2,1H3. The van der Waals surface area contributed by atoms with Gasteiger partial charge in [0, 0.05) is 17.7 Å². The minimum atomic E-state index is 0.142. The molecule has 0 aliphatic heterocycles.